The van der Waals surface area contributed by atoms with Crippen LogP contribution >= 0.6 is 0 Å². The van der Waals surface area contributed by atoms with Crippen molar-refractivity contribution in [2.24, 2.45) is 5.92 Å². The number of hydrogen-bond acceptors (Lipinski definition) is 2. The van der Waals surface area contributed by atoms with E-state index < -0.39 is 5.67 Å². The summed E-state index contributed by atoms with van der Waals surface area (Å²) in [4.78, 5) is 13.7. The van der Waals surface area contributed by atoms with E-state index in [-0.39, 0.29) is 5.91 Å². The van der Waals surface area contributed by atoms with Crippen molar-refractivity contribution in [2.75, 3.05) is 19.7 Å². The lowest BCUT2D eigenvalue weighted by Gasteiger charge is -2.33. The van der Waals surface area contributed by atoms with Crippen molar-refractivity contribution < 1.29 is 13.9 Å². The Morgan fingerprint density at radius 2 is 2.10 bits per heavy atom. The van der Waals surface area contributed by atoms with Gasteiger partial charge in [0, 0.05) is 19.0 Å². The molecule has 0 radical (unpaired) electrons. The first-order chi connectivity index (χ1) is 9.67. The van der Waals surface area contributed by atoms with E-state index in [2.05, 4.69) is 0 Å². The summed E-state index contributed by atoms with van der Waals surface area (Å²) in [5.74, 6) is 0.845. The van der Waals surface area contributed by atoms with E-state index in [0.717, 1.165) is 18.6 Å². The molecular weight excluding hydrogens is 257 g/mol. The van der Waals surface area contributed by atoms with Gasteiger partial charge in [0.1, 0.15) is 5.75 Å². The first-order valence-corrected chi connectivity index (χ1v) is 7.33. The SMILES string of the molecule is O=C(N1CCCC(COc2ccccc2)C1)C1(F)CC1. The first kappa shape index (κ1) is 13.4. The summed E-state index contributed by atoms with van der Waals surface area (Å²) in [6.45, 7) is 1.90. The van der Waals surface area contributed by atoms with Crippen LogP contribution in [0, 0.1) is 5.92 Å². The minimum Gasteiger partial charge on any atom is -0.493 e. The van der Waals surface area contributed by atoms with Crippen molar-refractivity contribution in [2.45, 2.75) is 31.4 Å². The molecular formula is C16H20FNO2. The fourth-order valence-corrected chi connectivity index (χ4v) is 2.72. The van der Waals surface area contributed by atoms with E-state index in [9.17, 15) is 9.18 Å². The number of alkyl halides is 1. The van der Waals surface area contributed by atoms with Crippen molar-refractivity contribution >= 4 is 5.91 Å². The summed E-state index contributed by atoms with van der Waals surface area (Å²) in [7, 11) is 0. The lowest BCUT2D eigenvalue weighted by Crippen LogP contribution is -2.45. The number of carbonyl (C=O) groups is 1. The van der Waals surface area contributed by atoms with Gasteiger partial charge in [0.05, 0.1) is 6.61 Å². The second-order valence-corrected chi connectivity index (χ2v) is 5.85. The van der Waals surface area contributed by atoms with Crippen LogP contribution in [0.5, 0.6) is 5.75 Å². The second-order valence-electron chi connectivity index (χ2n) is 5.85. The van der Waals surface area contributed by atoms with Crippen LogP contribution < -0.4 is 4.74 Å². The van der Waals surface area contributed by atoms with Crippen LogP contribution in [0.25, 0.3) is 0 Å². The van der Waals surface area contributed by atoms with Crippen molar-refractivity contribution in [3.05, 3.63) is 30.3 Å². The molecule has 1 aromatic rings. The van der Waals surface area contributed by atoms with E-state index in [1.165, 1.54) is 0 Å². The first-order valence-electron chi connectivity index (χ1n) is 7.33. The van der Waals surface area contributed by atoms with E-state index in [1.807, 2.05) is 30.3 Å². The molecule has 0 bridgehead atoms. The molecule has 0 N–H and O–H groups in total. The number of ether oxygens (including phenoxy) is 1. The highest BCUT2D eigenvalue weighted by Crippen LogP contribution is 2.42. The van der Waals surface area contributed by atoms with Crippen LogP contribution in [0.3, 0.4) is 0 Å². The average Bonchev–Trinajstić information content (AvgIpc) is 3.25. The van der Waals surface area contributed by atoms with Crippen molar-refractivity contribution in [1.82, 2.24) is 4.90 Å². The standard InChI is InChI=1S/C16H20FNO2/c17-16(8-9-16)15(19)18-10-4-5-13(11-18)12-20-14-6-2-1-3-7-14/h1-3,6-7,13H,4-5,8-12H2. The van der Waals surface area contributed by atoms with E-state index in [4.69, 9.17) is 4.74 Å². The largest absolute Gasteiger partial charge is 0.493 e. The molecule has 1 saturated carbocycles. The highest BCUT2D eigenvalue weighted by molar-refractivity contribution is 5.88. The Balaban J connectivity index is 1.52. The Morgan fingerprint density at radius 3 is 2.80 bits per heavy atom. The predicted octanol–water partition coefficient (Wildman–Crippen LogP) is 2.81. The van der Waals surface area contributed by atoms with Gasteiger partial charge < -0.3 is 9.64 Å². The molecule has 3 nitrogen and oxygen atoms in total. The molecule has 1 saturated heterocycles. The zero-order valence-corrected chi connectivity index (χ0v) is 11.6. The Morgan fingerprint density at radius 1 is 1.35 bits per heavy atom. The van der Waals surface area contributed by atoms with Crippen molar-refractivity contribution in [1.29, 1.82) is 0 Å². The van der Waals surface area contributed by atoms with E-state index in [1.54, 1.807) is 4.90 Å². The molecule has 108 valence electrons. The molecule has 2 fully saturated rings. The zero-order valence-electron chi connectivity index (χ0n) is 11.6. The Kier molecular flexibility index (Phi) is 3.64. The number of para-hydroxylation sites is 1. The Labute approximate surface area is 118 Å². The van der Waals surface area contributed by atoms with Crippen molar-refractivity contribution in [3.8, 4) is 5.75 Å². The number of likely N-dealkylation sites (tertiary alicyclic amines) is 1. The van der Waals surface area contributed by atoms with Gasteiger partial charge in [-0.25, -0.2) is 4.39 Å². The normalized spacial score (nSPS) is 24.2. The summed E-state index contributed by atoms with van der Waals surface area (Å²) in [6, 6.07) is 9.67. The monoisotopic (exact) mass is 277 g/mol. The average molecular weight is 277 g/mol. The summed E-state index contributed by atoms with van der Waals surface area (Å²) < 4.78 is 19.6. The van der Waals surface area contributed by atoms with Gasteiger partial charge in [-0.3, -0.25) is 4.79 Å². The number of benzene rings is 1. The number of rotatable bonds is 4. The molecule has 0 aromatic heterocycles. The van der Waals surface area contributed by atoms with E-state index in [0.29, 0.717) is 38.5 Å². The fraction of sp³-hybridized carbons (Fsp3) is 0.562. The summed E-state index contributed by atoms with van der Waals surface area (Å²) in [5.41, 5.74) is -1.54. The molecule has 1 aliphatic heterocycles. The van der Waals surface area contributed by atoms with Crippen LogP contribution in [0.15, 0.2) is 30.3 Å². The van der Waals surface area contributed by atoms with Gasteiger partial charge in [0.2, 0.25) is 0 Å². The van der Waals surface area contributed by atoms with Gasteiger partial charge in [-0.15, -0.1) is 0 Å². The van der Waals surface area contributed by atoms with E-state index >= 15 is 0 Å². The quantitative estimate of drug-likeness (QED) is 0.847. The maximum Gasteiger partial charge on any atom is 0.260 e. The van der Waals surface area contributed by atoms with Crippen LogP contribution in [-0.4, -0.2) is 36.2 Å². The molecule has 1 aromatic carbocycles. The van der Waals surface area contributed by atoms with Crippen LogP contribution in [0.2, 0.25) is 0 Å². The number of carbonyl (C=O) groups excluding carboxylic acids is 1. The highest BCUT2D eigenvalue weighted by atomic mass is 19.1. The minimum absolute atomic E-state index is 0.301. The molecule has 20 heavy (non-hydrogen) atoms. The molecule has 1 amide bonds. The summed E-state index contributed by atoms with van der Waals surface area (Å²) in [5, 5.41) is 0. The Hall–Kier alpha value is -1.58. The smallest absolute Gasteiger partial charge is 0.260 e. The molecule has 1 atom stereocenters. The van der Waals surface area contributed by atoms with Crippen LogP contribution in [-0.2, 0) is 4.79 Å². The molecule has 2 aliphatic rings. The molecule has 4 heteroatoms. The van der Waals surface area contributed by atoms with Crippen molar-refractivity contribution in [3.63, 3.8) is 0 Å². The summed E-state index contributed by atoms with van der Waals surface area (Å²) in [6.07, 6.45) is 2.77. The molecule has 3 rings (SSSR count). The molecule has 1 heterocycles. The van der Waals surface area contributed by atoms with Gasteiger partial charge in [-0.2, -0.15) is 0 Å². The van der Waals surface area contributed by atoms with Crippen LogP contribution in [0.1, 0.15) is 25.7 Å². The maximum absolute atomic E-state index is 13.8. The molecule has 1 aliphatic carbocycles. The fourth-order valence-electron chi connectivity index (χ4n) is 2.72. The zero-order chi connectivity index (χ0) is 14.0. The predicted molar refractivity (Wildman–Crippen MR) is 74.3 cm³/mol. The van der Waals surface area contributed by atoms with Gasteiger partial charge in [-0.05, 0) is 37.8 Å². The number of hydrogen-bond donors (Lipinski definition) is 0. The van der Waals surface area contributed by atoms with Gasteiger partial charge in [-0.1, -0.05) is 18.2 Å². The molecule has 0 spiro atoms. The number of piperidine rings is 1. The number of nitrogens with zero attached hydrogens (tertiary/aromatic N) is 1. The third kappa shape index (κ3) is 2.94. The Bertz CT molecular complexity index is 473. The minimum atomic E-state index is -1.54. The lowest BCUT2D eigenvalue weighted by atomic mass is 9.98. The second kappa shape index (κ2) is 5.43. The maximum atomic E-state index is 13.8. The third-order valence-electron chi connectivity index (χ3n) is 4.11. The van der Waals surface area contributed by atoms with Gasteiger partial charge >= 0.3 is 0 Å². The lowest BCUT2D eigenvalue weighted by molar-refractivity contribution is -0.140. The molecule has 1 unspecified atom stereocenters. The number of amides is 1. The van der Waals surface area contributed by atoms with Gasteiger partial charge in [0.25, 0.3) is 5.91 Å². The topological polar surface area (TPSA) is 29.5 Å². The summed E-state index contributed by atoms with van der Waals surface area (Å²) >= 11 is 0. The third-order valence-corrected chi connectivity index (χ3v) is 4.11. The van der Waals surface area contributed by atoms with Crippen LogP contribution in [0.4, 0.5) is 4.39 Å². The number of halogens is 1. The highest BCUT2D eigenvalue weighted by Gasteiger charge is 2.53. The van der Waals surface area contributed by atoms with Gasteiger partial charge in [0.15, 0.2) is 5.67 Å².